The quantitative estimate of drug-likeness (QED) is 0.769. The first-order chi connectivity index (χ1) is 6.90. The summed E-state index contributed by atoms with van der Waals surface area (Å²) in [5.74, 6) is 0.745. The molecule has 0 aliphatic rings. The number of nitrogens with zero attached hydrogens (tertiary/aromatic N) is 3. The maximum absolute atomic E-state index is 5.00. The Bertz CT molecular complexity index is 402. The first-order valence-corrected chi connectivity index (χ1v) is 4.94. The van der Waals surface area contributed by atoms with Gasteiger partial charge in [0.2, 0.25) is 0 Å². The maximum atomic E-state index is 5.00. The molecule has 0 spiro atoms. The van der Waals surface area contributed by atoms with Gasteiger partial charge in [-0.25, -0.2) is 4.98 Å². The van der Waals surface area contributed by atoms with Crippen LogP contribution in [0.2, 0.25) is 0 Å². The second-order valence-electron chi connectivity index (χ2n) is 2.72. The molecule has 4 nitrogen and oxygen atoms in total. The van der Waals surface area contributed by atoms with Gasteiger partial charge < -0.3 is 4.74 Å². The molecule has 0 aromatic carbocycles. The minimum absolute atomic E-state index is 0.512. The molecule has 2 aromatic heterocycles. The molecule has 2 aromatic rings. The molecular weight excluding hydrogens is 198 g/mol. The third-order valence-corrected chi connectivity index (χ3v) is 2.21. The summed E-state index contributed by atoms with van der Waals surface area (Å²) in [6.45, 7) is 0.512. The van der Waals surface area contributed by atoms with E-state index in [0.29, 0.717) is 6.61 Å². The van der Waals surface area contributed by atoms with Crippen molar-refractivity contribution >= 4 is 11.5 Å². The Balaban J connectivity index is 2.31. The summed E-state index contributed by atoms with van der Waals surface area (Å²) < 4.78 is 9.15. The number of hydrogen-bond donors (Lipinski definition) is 0. The lowest BCUT2D eigenvalue weighted by molar-refractivity contribution is 0.181. The smallest absolute Gasteiger partial charge is 0.172 e. The molecule has 0 saturated heterocycles. The molecule has 0 aliphatic heterocycles. The van der Waals surface area contributed by atoms with Crippen molar-refractivity contribution in [2.24, 2.45) is 0 Å². The molecule has 0 atom stereocenters. The van der Waals surface area contributed by atoms with Crippen LogP contribution in [0.4, 0.5) is 0 Å². The molecule has 72 valence electrons. The number of methoxy groups -OCH3 is 1. The molecule has 0 saturated carbocycles. The number of aromatic nitrogens is 3. The molecule has 5 heteroatoms. The molecular formula is C9H9N3OS. The van der Waals surface area contributed by atoms with Crippen molar-refractivity contribution < 1.29 is 4.74 Å². The standard InChI is InChI=1S/C9H9N3OS/c1-13-5-8-4-7(2-3-10-8)9-11-6-14-12-9/h2-4,6H,5H2,1H3. The topological polar surface area (TPSA) is 47.9 Å². The van der Waals surface area contributed by atoms with Gasteiger partial charge in [-0.15, -0.1) is 0 Å². The van der Waals surface area contributed by atoms with Crippen molar-refractivity contribution in [3.8, 4) is 11.4 Å². The Morgan fingerprint density at radius 2 is 2.36 bits per heavy atom. The summed E-state index contributed by atoms with van der Waals surface area (Å²) in [7, 11) is 1.65. The van der Waals surface area contributed by atoms with E-state index >= 15 is 0 Å². The van der Waals surface area contributed by atoms with Crippen molar-refractivity contribution in [1.29, 1.82) is 0 Å². The lowest BCUT2D eigenvalue weighted by atomic mass is 10.2. The first kappa shape index (κ1) is 9.23. The van der Waals surface area contributed by atoms with Gasteiger partial charge >= 0.3 is 0 Å². The van der Waals surface area contributed by atoms with Crippen LogP contribution in [0.3, 0.4) is 0 Å². The van der Waals surface area contributed by atoms with Gasteiger partial charge in [0, 0.05) is 18.9 Å². The molecule has 0 radical (unpaired) electrons. The molecule has 0 N–H and O–H groups in total. The Kier molecular flexibility index (Phi) is 2.81. The average molecular weight is 207 g/mol. The van der Waals surface area contributed by atoms with Gasteiger partial charge in [0.25, 0.3) is 0 Å². The fourth-order valence-electron chi connectivity index (χ4n) is 1.14. The monoisotopic (exact) mass is 207 g/mol. The second-order valence-corrected chi connectivity index (χ2v) is 3.33. The van der Waals surface area contributed by atoms with E-state index in [2.05, 4.69) is 14.3 Å². The van der Waals surface area contributed by atoms with Crippen molar-refractivity contribution in [3.63, 3.8) is 0 Å². The lowest BCUT2D eigenvalue weighted by Crippen LogP contribution is -1.92. The minimum atomic E-state index is 0.512. The van der Waals surface area contributed by atoms with Crippen molar-refractivity contribution in [1.82, 2.24) is 14.3 Å². The summed E-state index contributed by atoms with van der Waals surface area (Å²) >= 11 is 1.34. The average Bonchev–Trinajstić information content (AvgIpc) is 2.71. The molecule has 0 unspecified atom stereocenters. The van der Waals surface area contributed by atoms with E-state index < -0.39 is 0 Å². The highest BCUT2D eigenvalue weighted by atomic mass is 32.1. The molecule has 2 rings (SSSR count). The zero-order valence-electron chi connectivity index (χ0n) is 7.67. The fourth-order valence-corrected chi connectivity index (χ4v) is 1.59. The summed E-state index contributed by atoms with van der Waals surface area (Å²) in [4.78, 5) is 8.29. The number of pyridine rings is 1. The molecule has 0 amide bonds. The van der Waals surface area contributed by atoms with Gasteiger partial charge in [0.1, 0.15) is 5.51 Å². The minimum Gasteiger partial charge on any atom is -0.378 e. The van der Waals surface area contributed by atoms with Crippen LogP contribution >= 0.6 is 11.5 Å². The largest absolute Gasteiger partial charge is 0.378 e. The van der Waals surface area contributed by atoms with E-state index in [9.17, 15) is 0 Å². The normalized spacial score (nSPS) is 10.4. The van der Waals surface area contributed by atoms with Crippen LogP contribution in [0.15, 0.2) is 23.8 Å². The Hall–Kier alpha value is -1.33. The highest BCUT2D eigenvalue weighted by Gasteiger charge is 2.02. The SMILES string of the molecule is COCc1cc(-c2ncsn2)ccn1. The van der Waals surface area contributed by atoms with Gasteiger partial charge in [-0.2, -0.15) is 4.37 Å². The maximum Gasteiger partial charge on any atom is 0.172 e. The van der Waals surface area contributed by atoms with Gasteiger partial charge in [-0.1, -0.05) is 0 Å². The molecule has 0 fully saturated rings. The van der Waals surface area contributed by atoms with Crippen LogP contribution in [-0.4, -0.2) is 21.5 Å². The van der Waals surface area contributed by atoms with E-state index in [0.717, 1.165) is 17.1 Å². The van der Waals surface area contributed by atoms with Crippen LogP contribution < -0.4 is 0 Å². The summed E-state index contributed by atoms with van der Waals surface area (Å²) in [5.41, 5.74) is 3.58. The van der Waals surface area contributed by atoms with E-state index in [-0.39, 0.29) is 0 Å². The predicted octanol–water partition coefficient (Wildman–Crippen LogP) is 1.75. The van der Waals surface area contributed by atoms with Crippen LogP contribution in [0.5, 0.6) is 0 Å². The zero-order chi connectivity index (χ0) is 9.80. The fraction of sp³-hybridized carbons (Fsp3) is 0.222. The van der Waals surface area contributed by atoms with Crippen LogP contribution in [-0.2, 0) is 11.3 Å². The van der Waals surface area contributed by atoms with Crippen LogP contribution in [0.25, 0.3) is 11.4 Å². The van der Waals surface area contributed by atoms with Crippen molar-refractivity contribution in [2.45, 2.75) is 6.61 Å². The Morgan fingerprint density at radius 1 is 1.43 bits per heavy atom. The summed E-state index contributed by atoms with van der Waals surface area (Å²) in [5, 5.41) is 0. The van der Waals surface area contributed by atoms with Gasteiger partial charge in [-0.3, -0.25) is 4.98 Å². The van der Waals surface area contributed by atoms with Gasteiger partial charge in [-0.05, 0) is 23.7 Å². The summed E-state index contributed by atoms with van der Waals surface area (Å²) in [6, 6.07) is 3.83. The molecule has 0 aliphatic carbocycles. The lowest BCUT2D eigenvalue weighted by Gasteiger charge is -1.99. The second kappa shape index (κ2) is 4.26. The third-order valence-electron chi connectivity index (χ3n) is 1.73. The van der Waals surface area contributed by atoms with Gasteiger partial charge in [0.15, 0.2) is 5.82 Å². The highest BCUT2D eigenvalue weighted by Crippen LogP contribution is 2.15. The van der Waals surface area contributed by atoms with E-state index in [1.165, 1.54) is 11.5 Å². The predicted molar refractivity (Wildman–Crippen MR) is 53.9 cm³/mol. The molecule has 0 bridgehead atoms. The Morgan fingerprint density at radius 3 is 3.07 bits per heavy atom. The van der Waals surface area contributed by atoms with E-state index in [1.807, 2.05) is 12.1 Å². The molecule has 14 heavy (non-hydrogen) atoms. The molecule has 2 heterocycles. The van der Waals surface area contributed by atoms with Crippen molar-refractivity contribution in [3.05, 3.63) is 29.5 Å². The highest BCUT2D eigenvalue weighted by molar-refractivity contribution is 7.03. The summed E-state index contributed by atoms with van der Waals surface area (Å²) in [6.07, 6.45) is 1.74. The van der Waals surface area contributed by atoms with E-state index in [4.69, 9.17) is 4.74 Å². The first-order valence-electron chi connectivity index (χ1n) is 4.11. The van der Waals surface area contributed by atoms with Gasteiger partial charge in [0.05, 0.1) is 12.3 Å². The number of ether oxygens (including phenoxy) is 1. The van der Waals surface area contributed by atoms with E-state index in [1.54, 1.807) is 18.8 Å². The van der Waals surface area contributed by atoms with Crippen molar-refractivity contribution in [2.75, 3.05) is 7.11 Å². The third kappa shape index (κ3) is 1.94. The zero-order valence-corrected chi connectivity index (χ0v) is 8.49. The number of hydrogen-bond acceptors (Lipinski definition) is 5. The Labute approximate surface area is 85.8 Å². The number of rotatable bonds is 3. The van der Waals surface area contributed by atoms with Crippen LogP contribution in [0, 0.1) is 0 Å². The van der Waals surface area contributed by atoms with Crippen LogP contribution in [0.1, 0.15) is 5.69 Å².